The molecule has 148 valence electrons. The summed E-state index contributed by atoms with van der Waals surface area (Å²) in [6.45, 7) is 0.886. The number of nitrogens with one attached hydrogen (secondary N) is 1. The third kappa shape index (κ3) is 3.85. The minimum Gasteiger partial charge on any atom is -0.497 e. The number of nitrogens with zero attached hydrogens (tertiary/aromatic N) is 1. The molecule has 2 aromatic carbocycles. The maximum Gasteiger partial charge on any atom is 0.242 e. The van der Waals surface area contributed by atoms with Crippen LogP contribution in [0.1, 0.15) is 48.9 Å². The quantitative estimate of drug-likeness (QED) is 0.792. The topological polar surface area (TPSA) is 50.8 Å². The number of methoxy groups -OCH3 is 2. The average molecular weight is 380 g/mol. The fourth-order valence-electron chi connectivity index (χ4n) is 4.16. The van der Waals surface area contributed by atoms with E-state index in [2.05, 4.69) is 28.4 Å². The van der Waals surface area contributed by atoms with Crippen LogP contribution >= 0.6 is 0 Å². The largest absolute Gasteiger partial charge is 0.497 e. The van der Waals surface area contributed by atoms with Crippen LogP contribution in [0.3, 0.4) is 0 Å². The fraction of sp³-hybridized carbons (Fsp3) is 0.435. The molecule has 1 aliphatic carbocycles. The van der Waals surface area contributed by atoms with Crippen molar-refractivity contribution in [1.82, 2.24) is 10.2 Å². The number of benzene rings is 2. The van der Waals surface area contributed by atoms with Gasteiger partial charge < -0.3 is 14.8 Å². The Morgan fingerprint density at radius 3 is 2.54 bits per heavy atom. The van der Waals surface area contributed by atoms with E-state index in [1.54, 1.807) is 14.2 Å². The van der Waals surface area contributed by atoms with Crippen molar-refractivity contribution in [2.75, 3.05) is 20.8 Å². The van der Waals surface area contributed by atoms with Gasteiger partial charge in [-0.1, -0.05) is 36.4 Å². The third-order valence-electron chi connectivity index (χ3n) is 5.71. The molecule has 0 spiro atoms. The summed E-state index contributed by atoms with van der Waals surface area (Å²) in [7, 11) is 3.34. The van der Waals surface area contributed by atoms with Gasteiger partial charge in [-0.3, -0.25) is 9.69 Å². The fourth-order valence-corrected chi connectivity index (χ4v) is 4.16. The maximum atomic E-state index is 13.2. The number of carbonyl (C=O) groups excluding carboxylic acids is 1. The number of amides is 1. The lowest BCUT2D eigenvalue weighted by Crippen LogP contribution is -2.41. The Hall–Kier alpha value is -2.53. The molecular weight excluding hydrogens is 352 g/mol. The van der Waals surface area contributed by atoms with Crippen molar-refractivity contribution < 1.29 is 14.3 Å². The molecule has 4 rings (SSSR count). The molecule has 28 heavy (non-hydrogen) atoms. The minimum atomic E-state index is -0.291. The van der Waals surface area contributed by atoms with Crippen molar-refractivity contribution in [3.8, 4) is 11.5 Å². The summed E-state index contributed by atoms with van der Waals surface area (Å²) in [5.41, 5.74) is 2.15. The van der Waals surface area contributed by atoms with Crippen molar-refractivity contribution in [3.05, 3.63) is 59.7 Å². The van der Waals surface area contributed by atoms with Crippen molar-refractivity contribution >= 4 is 5.91 Å². The normalized spacial score (nSPS) is 20.6. The lowest BCUT2D eigenvalue weighted by molar-refractivity contribution is -0.127. The predicted octanol–water partition coefficient (Wildman–Crippen LogP) is 3.86. The third-order valence-corrected chi connectivity index (χ3v) is 5.71. The zero-order valence-corrected chi connectivity index (χ0v) is 16.6. The van der Waals surface area contributed by atoms with E-state index in [9.17, 15) is 4.79 Å². The van der Waals surface area contributed by atoms with Gasteiger partial charge in [0.25, 0.3) is 0 Å². The molecule has 5 heteroatoms. The highest BCUT2D eigenvalue weighted by atomic mass is 16.5. The molecule has 1 heterocycles. The minimum absolute atomic E-state index is 0.105. The Labute approximate surface area is 166 Å². The molecule has 2 atom stereocenters. The van der Waals surface area contributed by atoms with Crippen LogP contribution in [0.4, 0.5) is 0 Å². The van der Waals surface area contributed by atoms with Gasteiger partial charge in [0.1, 0.15) is 17.5 Å². The second kappa shape index (κ2) is 8.23. The summed E-state index contributed by atoms with van der Waals surface area (Å²) >= 11 is 0. The summed E-state index contributed by atoms with van der Waals surface area (Å²) in [5, 5.41) is 3.22. The van der Waals surface area contributed by atoms with Crippen LogP contribution in [0.5, 0.6) is 11.5 Å². The van der Waals surface area contributed by atoms with Gasteiger partial charge in [0.2, 0.25) is 5.91 Å². The van der Waals surface area contributed by atoms with E-state index in [0.29, 0.717) is 6.04 Å². The average Bonchev–Trinajstić information content (AvgIpc) is 3.42. The molecule has 1 amide bonds. The number of rotatable bonds is 7. The summed E-state index contributed by atoms with van der Waals surface area (Å²) in [5.74, 6) is 1.69. The van der Waals surface area contributed by atoms with Gasteiger partial charge >= 0.3 is 0 Å². The van der Waals surface area contributed by atoms with E-state index in [1.807, 2.05) is 30.3 Å². The van der Waals surface area contributed by atoms with Crippen LogP contribution in [-0.4, -0.2) is 37.6 Å². The van der Waals surface area contributed by atoms with Crippen molar-refractivity contribution in [2.45, 2.75) is 43.8 Å². The highest BCUT2D eigenvalue weighted by Gasteiger charge is 2.39. The number of hydrogen-bond donors (Lipinski definition) is 1. The number of hydrogen-bond acceptors (Lipinski definition) is 4. The molecule has 2 fully saturated rings. The molecule has 1 aliphatic heterocycles. The summed E-state index contributed by atoms with van der Waals surface area (Å²) in [6, 6.07) is 16.3. The molecule has 0 radical (unpaired) electrons. The molecule has 2 aliphatic rings. The van der Waals surface area contributed by atoms with Crippen molar-refractivity contribution in [3.63, 3.8) is 0 Å². The highest BCUT2D eigenvalue weighted by Crippen LogP contribution is 2.43. The van der Waals surface area contributed by atoms with Crippen LogP contribution in [0, 0.1) is 0 Å². The van der Waals surface area contributed by atoms with Crippen LogP contribution < -0.4 is 14.8 Å². The van der Waals surface area contributed by atoms with Gasteiger partial charge in [0, 0.05) is 23.7 Å². The van der Waals surface area contributed by atoms with Gasteiger partial charge in [0.15, 0.2) is 0 Å². The Balaban J connectivity index is 1.68. The summed E-state index contributed by atoms with van der Waals surface area (Å²) in [4.78, 5) is 15.5. The first-order valence-corrected chi connectivity index (χ1v) is 10.0. The monoisotopic (exact) mass is 380 g/mol. The molecule has 0 unspecified atom stereocenters. The summed E-state index contributed by atoms with van der Waals surface area (Å²) < 4.78 is 11.0. The molecule has 5 nitrogen and oxygen atoms in total. The van der Waals surface area contributed by atoms with Crippen LogP contribution in [0.25, 0.3) is 0 Å². The van der Waals surface area contributed by atoms with Crippen molar-refractivity contribution in [1.29, 1.82) is 0 Å². The maximum absolute atomic E-state index is 13.2. The first-order valence-electron chi connectivity index (χ1n) is 10.0. The SMILES string of the molecule is COc1ccc([C@H]2CCCN2[C@H](C(=O)NC2CC2)c2ccccc2)c(OC)c1. The molecule has 1 saturated heterocycles. The first-order chi connectivity index (χ1) is 13.7. The number of likely N-dealkylation sites (tertiary alicyclic amines) is 1. The van der Waals surface area contributed by atoms with Gasteiger partial charge in [-0.25, -0.2) is 0 Å². The van der Waals surface area contributed by atoms with Gasteiger partial charge in [-0.15, -0.1) is 0 Å². The van der Waals surface area contributed by atoms with Gasteiger partial charge in [-0.2, -0.15) is 0 Å². The smallest absolute Gasteiger partial charge is 0.242 e. The molecule has 2 aromatic rings. The molecule has 0 aromatic heterocycles. The Bertz CT molecular complexity index is 820. The number of ether oxygens (including phenoxy) is 2. The second-order valence-electron chi connectivity index (χ2n) is 7.60. The van der Waals surface area contributed by atoms with E-state index in [4.69, 9.17) is 9.47 Å². The van der Waals surface area contributed by atoms with Crippen molar-refractivity contribution in [2.24, 2.45) is 0 Å². The van der Waals surface area contributed by atoms with E-state index in [-0.39, 0.29) is 18.0 Å². The summed E-state index contributed by atoms with van der Waals surface area (Å²) in [6.07, 6.45) is 4.23. The predicted molar refractivity (Wildman–Crippen MR) is 109 cm³/mol. The van der Waals surface area contributed by atoms with E-state index in [1.165, 1.54) is 0 Å². The zero-order chi connectivity index (χ0) is 19.5. The van der Waals surface area contributed by atoms with E-state index >= 15 is 0 Å². The Morgan fingerprint density at radius 2 is 1.86 bits per heavy atom. The Morgan fingerprint density at radius 1 is 1.07 bits per heavy atom. The zero-order valence-electron chi connectivity index (χ0n) is 16.6. The highest BCUT2D eigenvalue weighted by molar-refractivity contribution is 5.84. The molecule has 1 saturated carbocycles. The molecular formula is C23H28N2O3. The molecule has 1 N–H and O–H groups in total. The lowest BCUT2D eigenvalue weighted by Gasteiger charge is -2.33. The number of carbonyl (C=O) groups is 1. The van der Waals surface area contributed by atoms with Gasteiger partial charge in [0.05, 0.1) is 14.2 Å². The van der Waals surface area contributed by atoms with E-state index < -0.39 is 0 Å². The standard InChI is InChI=1S/C23H28N2O3/c1-27-18-12-13-19(21(15-18)28-2)20-9-6-14-25(20)22(16-7-4-3-5-8-16)23(26)24-17-10-11-17/h3-5,7-8,12-13,15,17,20,22H,6,9-11,14H2,1-2H3,(H,24,26)/t20-,22+/m1/s1. The second-order valence-corrected chi connectivity index (χ2v) is 7.60. The van der Waals surface area contributed by atoms with E-state index in [0.717, 1.165) is 54.9 Å². The van der Waals surface area contributed by atoms with Crippen LogP contribution in [0.15, 0.2) is 48.5 Å². The van der Waals surface area contributed by atoms with Gasteiger partial charge in [-0.05, 0) is 43.9 Å². The Kier molecular flexibility index (Phi) is 5.53. The lowest BCUT2D eigenvalue weighted by atomic mass is 9.98. The molecule has 0 bridgehead atoms. The van der Waals surface area contributed by atoms with Crippen LogP contribution in [-0.2, 0) is 4.79 Å². The van der Waals surface area contributed by atoms with Crippen LogP contribution in [0.2, 0.25) is 0 Å². The first kappa shape index (κ1) is 18.8.